The summed E-state index contributed by atoms with van der Waals surface area (Å²) in [7, 11) is 0. The highest BCUT2D eigenvalue weighted by atomic mass is 19.1. The number of aryl methyl sites for hydroxylation is 2. The van der Waals surface area contributed by atoms with Crippen molar-refractivity contribution < 1.29 is 8.91 Å². The van der Waals surface area contributed by atoms with Crippen LogP contribution in [0, 0.1) is 19.8 Å². The van der Waals surface area contributed by atoms with Crippen LogP contribution < -0.4 is 5.32 Å². The summed E-state index contributed by atoms with van der Waals surface area (Å²) in [6, 6.07) is 4.72. The van der Waals surface area contributed by atoms with Crippen molar-refractivity contribution in [1.82, 2.24) is 10.1 Å². The van der Waals surface area contributed by atoms with Crippen molar-refractivity contribution in [3.8, 4) is 0 Å². The third-order valence-corrected chi connectivity index (χ3v) is 2.81. The van der Waals surface area contributed by atoms with Gasteiger partial charge in [0.2, 0.25) is 5.95 Å². The molecule has 0 atom stereocenters. The molecule has 0 bridgehead atoms. The summed E-state index contributed by atoms with van der Waals surface area (Å²) >= 11 is 0. The maximum absolute atomic E-state index is 12.8. The van der Waals surface area contributed by atoms with E-state index in [0.717, 1.165) is 36.4 Å². The molecule has 0 fully saturated rings. The van der Waals surface area contributed by atoms with Crippen molar-refractivity contribution in [2.75, 3.05) is 11.9 Å². The predicted molar refractivity (Wildman–Crippen MR) is 67.0 cm³/mol. The number of pyridine rings is 1. The fourth-order valence-electron chi connectivity index (χ4n) is 1.85. The Hall–Kier alpha value is -1.91. The van der Waals surface area contributed by atoms with Gasteiger partial charge in [-0.1, -0.05) is 11.2 Å². The minimum Gasteiger partial charge on any atom is -0.370 e. The first kappa shape index (κ1) is 12.5. The molecular weight excluding hydrogens is 233 g/mol. The van der Waals surface area contributed by atoms with Gasteiger partial charge in [0, 0.05) is 12.1 Å². The van der Waals surface area contributed by atoms with Gasteiger partial charge >= 0.3 is 0 Å². The Morgan fingerprint density at radius 2 is 2.17 bits per heavy atom. The first-order valence-electron chi connectivity index (χ1n) is 5.95. The van der Waals surface area contributed by atoms with Gasteiger partial charge in [0.05, 0.1) is 5.69 Å². The molecule has 2 aromatic rings. The molecule has 0 aliphatic rings. The molecule has 0 spiro atoms. The van der Waals surface area contributed by atoms with E-state index < -0.39 is 5.95 Å². The molecule has 0 aliphatic carbocycles. The summed E-state index contributed by atoms with van der Waals surface area (Å²) in [5.41, 5.74) is 2.10. The molecule has 0 aliphatic heterocycles. The molecule has 18 heavy (non-hydrogen) atoms. The summed E-state index contributed by atoms with van der Waals surface area (Å²) in [5, 5.41) is 6.99. The lowest BCUT2D eigenvalue weighted by Crippen LogP contribution is -2.05. The van der Waals surface area contributed by atoms with Crippen molar-refractivity contribution in [2.45, 2.75) is 26.7 Å². The fraction of sp³-hybridized carbons (Fsp3) is 0.385. The highest BCUT2D eigenvalue weighted by Crippen LogP contribution is 2.14. The summed E-state index contributed by atoms with van der Waals surface area (Å²) in [4.78, 5) is 3.73. The monoisotopic (exact) mass is 249 g/mol. The second-order valence-corrected chi connectivity index (χ2v) is 4.18. The molecule has 96 valence electrons. The average molecular weight is 249 g/mol. The van der Waals surface area contributed by atoms with Gasteiger partial charge in [0.25, 0.3) is 0 Å². The van der Waals surface area contributed by atoms with Crippen LogP contribution in [0.3, 0.4) is 0 Å². The number of nitrogens with one attached hydrogen (secondary N) is 1. The molecule has 0 radical (unpaired) electrons. The quantitative estimate of drug-likeness (QED) is 0.654. The summed E-state index contributed by atoms with van der Waals surface area (Å²) in [6.07, 6.45) is 1.81. The minimum atomic E-state index is -0.467. The van der Waals surface area contributed by atoms with Gasteiger partial charge in [-0.05, 0) is 38.8 Å². The van der Waals surface area contributed by atoms with E-state index in [1.807, 2.05) is 13.8 Å². The molecular formula is C13H16FN3O. The van der Waals surface area contributed by atoms with Crippen molar-refractivity contribution in [2.24, 2.45) is 0 Å². The van der Waals surface area contributed by atoms with Crippen LogP contribution in [-0.2, 0) is 6.42 Å². The average Bonchev–Trinajstić information content (AvgIpc) is 2.66. The summed E-state index contributed by atoms with van der Waals surface area (Å²) in [5.74, 6) is 0.968. The molecule has 2 rings (SSSR count). The highest BCUT2D eigenvalue weighted by Gasteiger charge is 2.07. The van der Waals surface area contributed by atoms with E-state index in [1.165, 1.54) is 6.07 Å². The van der Waals surface area contributed by atoms with E-state index in [2.05, 4.69) is 15.5 Å². The van der Waals surface area contributed by atoms with Crippen molar-refractivity contribution in [3.63, 3.8) is 0 Å². The Labute approximate surface area is 105 Å². The van der Waals surface area contributed by atoms with E-state index in [0.29, 0.717) is 5.82 Å². The number of hydrogen-bond donors (Lipinski definition) is 1. The van der Waals surface area contributed by atoms with Gasteiger partial charge in [0.15, 0.2) is 0 Å². The maximum Gasteiger partial charge on any atom is 0.214 e. The Morgan fingerprint density at radius 1 is 1.33 bits per heavy atom. The van der Waals surface area contributed by atoms with E-state index in [-0.39, 0.29) is 0 Å². The molecule has 2 aromatic heterocycles. The third-order valence-electron chi connectivity index (χ3n) is 2.81. The van der Waals surface area contributed by atoms with E-state index >= 15 is 0 Å². The van der Waals surface area contributed by atoms with E-state index in [1.54, 1.807) is 12.1 Å². The van der Waals surface area contributed by atoms with Crippen LogP contribution in [0.5, 0.6) is 0 Å². The Bertz CT molecular complexity index is 505. The van der Waals surface area contributed by atoms with Gasteiger partial charge in [-0.25, -0.2) is 4.98 Å². The van der Waals surface area contributed by atoms with Gasteiger partial charge in [-0.15, -0.1) is 0 Å². The Balaban J connectivity index is 1.80. The number of aromatic nitrogens is 2. The highest BCUT2D eigenvalue weighted by molar-refractivity contribution is 5.33. The van der Waals surface area contributed by atoms with Crippen molar-refractivity contribution in [3.05, 3.63) is 41.2 Å². The molecule has 5 heteroatoms. The number of rotatable bonds is 5. The summed E-state index contributed by atoms with van der Waals surface area (Å²) < 4.78 is 17.9. The molecule has 2 heterocycles. The zero-order valence-corrected chi connectivity index (χ0v) is 10.5. The van der Waals surface area contributed by atoms with Gasteiger partial charge < -0.3 is 9.84 Å². The smallest absolute Gasteiger partial charge is 0.214 e. The van der Waals surface area contributed by atoms with E-state index in [4.69, 9.17) is 4.52 Å². The number of hydrogen-bond acceptors (Lipinski definition) is 4. The lowest BCUT2D eigenvalue weighted by atomic mass is 10.1. The summed E-state index contributed by atoms with van der Waals surface area (Å²) in [6.45, 7) is 4.59. The molecule has 0 saturated carbocycles. The Kier molecular flexibility index (Phi) is 3.92. The van der Waals surface area contributed by atoms with Gasteiger partial charge in [0.1, 0.15) is 11.6 Å². The molecule has 0 unspecified atom stereocenters. The van der Waals surface area contributed by atoms with Gasteiger partial charge in [-0.2, -0.15) is 4.39 Å². The molecule has 1 N–H and O–H groups in total. The van der Waals surface area contributed by atoms with Crippen molar-refractivity contribution >= 4 is 5.82 Å². The molecule has 0 amide bonds. The number of anilines is 1. The fourth-order valence-corrected chi connectivity index (χ4v) is 1.85. The topological polar surface area (TPSA) is 51.0 Å². The van der Waals surface area contributed by atoms with Crippen LogP contribution in [0.25, 0.3) is 0 Å². The zero-order chi connectivity index (χ0) is 13.0. The SMILES string of the molecule is Cc1noc(C)c1CCCNc1cccc(F)n1. The standard InChI is InChI=1S/C13H16FN3O/c1-9-11(10(2)18-17-9)5-4-8-15-13-7-3-6-12(14)16-13/h3,6-7H,4-5,8H2,1-2H3,(H,15,16). The maximum atomic E-state index is 12.8. The number of nitrogens with zero attached hydrogens (tertiary/aromatic N) is 2. The van der Waals surface area contributed by atoms with Crippen LogP contribution in [0.2, 0.25) is 0 Å². The van der Waals surface area contributed by atoms with Crippen LogP contribution in [0.15, 0.2) is 22.7 Å². The predicted octanol–water partition coefficient (Wildman–Crippen LogP) is 2.87. The third kappa shape index (κ3) is 3.06. The van der Waals surface area contributed by atoms with Crippen LogP contribution in [-0.4, -0.2) is 16.7 Å². The van der Waals surface area contributed by atoms with Crippen LogP contribution in [0.1, 0.15) is 23.4 Å². The van der Waals surface area contributed by atoms with E-state index in [9.17, 15) is 4.39 Å². The molecule has 0 saturated heterocycles. The second-order valence-electron chi connectivity index (χ2n) is 4.18. The lowest BCUT2D eigenvalue weighted by Gasteiger charge is -2.05. The molecule has 0 aromatic carbocycles. The Morgan fingerprint density at radius 3 is 2.83 bits per heavy atom. The second kappa shape index (κ2) is 5.62. The zero-order valence-electron chi connectivity index (χ0n) is 10.5. The lowest BCUT2D eigenvalue weighted by molar-refractivity contribution is 0.392. The first-order valence-corrected chi connectivity index (χ1v) is 5.95. The molecule has 4 nitrogen and oxygen atoms in total. The largest absolute Gasteiger partial charge is 0.370 e. The number of halogens is 1. The normalized spacial score (nSPS) is 10.6. The first-order chi connectivity index (χ1) is 8.66. The van der Waals surface area contributed by atoms with Crippen LogP contribution >= 0.6 is 0 Å². The van der Waals surface area contributed by atoms with Crippen LogP contribution in [0.4, 0.5) is 10.2 Å². The van der Waals surface area contributed by atoms with Gasteiger partial charge in [-0.3, -0.25) is 0 Å². The minimum absolute atomic E-state index is 0.467. The van der Waals surface area contributed by atoms with Crippen molar-refractivity contribution in [1.29, 1.82) is 0 Å².